The second kappa shape index (κ2) is 16.1. The van der Waals surface area contributed by atoms with Crippen LogP contribution in [0.1, 0.15) is 32.6 Å². The van der Waals surface area contributed by atoms with Crippen molar-refractivity contribution in [2.45, 2.75) is 32.6 Å². The van der Waals surface area contributed by atoms with Crippen molar-refractivity contribution in [1.29, 1.82) is 0 Å². The van der Waals surface area contributed by atoms with Gasteiger partial charge in [-0.2, -0.15) is 6.08 Å². The summed E-state index contributed by atoms with van der Waals surface area (Å²) < 4.78 is 0. The number of hydrogen-bond donors (Lipinski definition) is 0. The molecular weight excluding hydrogens is 396 g/mol. The van der Waals surface area contributed by atoms with E-state index >= 15 is 0 Å². The maximum atomic E-state index is 3.30. The monoisotopic (exact) mass is 409 g/mol. The van der Waals surface area contributed by atoms with E-state index in [1.807, 2.05) is 0 Å². The minimum Gasteiger partial charge on any atom is -0.269 e. The van der Waals surface area contributed by atoms with Gasteiger partial charge in [0.15, 0.2) is 0 Å². The smallest absolute Gasteiger partial charge is 0 e. The topological polar surface area (TPSA) is 0 Å². The zero-order valence-corrected chi connectivity index (χ0v) is 14.4. The minimum absolute atomic E-state index is 0. The SMILES string of the molecule is Br.Br.Br.CCCCC1=[C-]CC=C1.[Ti]. The Bertz CT molecular complexity index is 144. The molecule has 13 heavy (non-hydrogen) atoms. The Morgan fingerprint density at radius 2 is 1.92 bits per heavy atom. The Balaban J connectivity index is -0.000000101. The minimum atomic E-state index is 0. The second-order valence-electron chi connectivity index (χ2n) is 2.41. The molecule has 0 amide bonds. The summed E-state index contributed by atoms with van der Waals surface area (Å²) in [4.78, 5) is 0. The number of halogens is 3. The summed E-state index contributed by atoms with van der Waals surface area (Å²) >= 11 is 0. The Morgan fingerprint density at radius 1 is 1.31 bits per heavy atom. The largest absolute Gasteiger partial charge is 0.269 e. The molecule has 0 aromatic rings. The first-order chi connectivity index (χ1) is 4.43. The van der Waals surface area contributed by atoms with Gasteiger partial charge in [-0.25, -0.2) is 11.6 Å². The molecular formula is C9H16Br3Ti-. The molecule has 1 aliphatic rings. The third-order valence-corrected chi connectivity index (χ3v) is 1.57. The molecule has 0 spiro atoms. The predicted octanol–water partition coefficient (Wildman–Crippen LogP) is 4.60. The summed E-state index contributed by atoms with van der Waals surface area (Å²) in [6.45, 7) is 2.22. The molecule has 0 N–H and O–H groups in total. The fourth-order valence-electron chi connectivity index (χ4n) is 0.989. The van der Waals surface area contributed by atoms with Crippen LogP contribution in [0, 0.1) is 6.08 Å². The fourth-order valence-corrected chi connectivity index (χ4v) is 0.989. The van der Waals surface area contributed by atoms with Crippen LogP contribution in [0.15, 0.2) is 17.7 Å². The Labute approximate surface area is 128 Å². The molecule has 0 radical (unpaired) electrons. The molecule has 0 saturated carbocycles. The van der Waals surface area contributed by atoms with E-state index in [-0.39, 0.29) is 72.7 Å². The van der Waals surface area contributed by atoms with Gasteiger partial charge in [0.1, 0.15) is 0 Å². The molecule has 1 rings (SSSR count). The van der Waals surface area contributed by atoms with Gasteiger partial charge in [-0.05, 0) is 0 Å². The van der Waals surface area contributed by atoms with E-state index in [4.69, 9.17) is 0 Å². The van der Waals surface area contributed by atoms with Crippen LogP contribution >= 0.6 is 50.9 Å². The van der Waals surface area contributed by atoms with Gasteiger partial charge in [0.25, 0.3) is 0 Å². The van der Waals surface area contributed by atoms with Crippen LogP contribution in [0.3, 0.4) is 0 Å². The van der Waals surface area contributed by atoms with Gasteiger partial charge >= 0.3 is 0 Å². The second-order valence-corrected chi connectivity index (χ2v) is 2.41. The summed E-state index contributed by atoms with van der Waals surface area (Å²) in [6.07, 6.45) is 12.5. The quantitative estimate of drug-likeness (QED) is 0.470. The third kappa shape index (κ3) is 11.6. The van der Waals surface area contributed by atoms with E-state index in [2.05, 4.69) is 25.2 Å². The van der Waals surface area contributed by atoms with Gasteiger partial charge in [0, 0.05) is 21.7 Å². The average Bonchev–Trinajstić information content (AvgIpc) is 2.34. The van der Waals surface area contributed by atoms with Crippen LogP contribution in [-0.2, 0) is 21.7 Å². The zero-order valence-electron chi connectivity index (χ0n) is 7.71. The first-order valence-corrected chi connectivity index (χ1v) is 3.69. The number of unbranched alkanes of at least 4 members (excludes halogenated alkanes) is 1. The normalized spacial score (nSPS) is 11.3. The van der Waals surface area contributed by atoms with Crippen molar-refractivity contribution in [3.63, 3.8) is 0 Å². The van der Waals surface area contributed by atoms with Crippen LogP contribution in [0.4, 0.5) is 0 Å². The average molecular weight is 412 g/mol. The molecule has 0 atom stereocenters. The maximum Gasteiger partial charge on any atom is 0 e. The van der Waals surface area contributed by atoms with E-state index in [1.165, 1.54) is 24.8 Å². The summed E-state index contributed by atoms with van der Waals surface area (Å²) in [5.74, 6) is 0. The van der Waals surface area contributed by atoms with E-state index in [1.54, 1.807) is 0 Å². The van der Waals surface area contributed by atoms with Crippen LogP contribution in [0.2, 0.25) is 0 Å². The molecule has 0 unspecified atom stereocenters. The van der Waals surface area contributed by atoms with Crippen molar-refractivity contribution in [1.82, 2.24) is 0 Å². The van der Waals surface area contributed by atoms with Gasteiger partial charge < -0.3 is 0 Å². The molecule has 0 aliphatic heterocycles. The van der Waals surface area contributed by atoms with Gasteiger partial charge in [-0.15, -0.1) is 57.4 Å². The van der Waals surface area contributed by atoms with Crippen molar-refractivity contribution in [2.24, 2.45) is 0 Å². The Kier molecular flexibility index (Phi) is 29.8. The molecule has 0 fully saturated rings. The number of rotatable bonds is 3. The molecule has 1 aliphatic carbocycles. The summed E-state index contributed by atoms with van der Waals surface area (Å²) in [5.41, 5.74) is 1.41. The third-order valence-electron chi connectivity index (χ3n) is 1.57. The Morgan fingerprint density at radius 3 is 2.31 bits per heavy atom. The fraction of sp³-hybridized carbons (Fsp3) is 0.556. The van der Waals surface area contributed by atoms with Crippen molar-refractivity contribution in [3.8, 4) is 0 Å². The van der Waals surface area contributed by atoms with E-state index in [0.717, 1.165) is 6.42 Å². The van der Waals surface area contributed by atoms with Gasteiger partial charge in [0.2, 0.25) is 0 Å². The van der Waals surface area contributed by atoms with Crippen LogP contribution in [0.5, 0.6) is 0 Å². The van der Waals surface area contributed by atoms with Crippen molar-refractivity contribution < 1.29 is 21.7 Å². The van der Waals surface area contributed by atoms with E-state index < -0.39 is 0 Å². The summed E-state index contributed by atoms with van der Waals surface area (Å²) in [7, 11) is 0. The number of hydrogen-bond acceptors (Lipinski definition) is 0. The Hall–Kier alpha value is 1.63. The van der Waals surface area contributed by atoms with Gasteiger partial charge in [-0.1, -0.05) is 26.2 Å². The van der Waals surface area contributed by atoms with E-state index in [0.29, 0.717) is 0 Å². The molecule has 0 aromatic carbocycles. The molecule has 0 saturated heterocycles. The first kappa shape index (κ1) is 24.1. The predicted molar refractivity (Wildman–Crippen MR) is 71.0 cm³/mol. The summed E-state index contributed by atoms with van der Waals surface area (Å²) in [5, 5.41) is 0. The molecule has 4 heteroatoms. The van der Waals surface area contributed by atoms with Crippen molar-refractivity contribution >= 4 is 50.9 Å². The van der Waals surface area contributed by atoms with Crippen LogP contribution in [0.25, 0.3) is 0 Å². The molecule has 0 heterocycles. The van der Waals surface area contributed by atoms with Crippen molar-refractivity contribution in [3.05, 3.63) is 23.8 Å². The molecule has 0 nitrogen and oxygen atoms in total. The molecule has 0 aromatic heterocycles. The maximum absolute atomic E-state index is 3.30. The van der Waals surface area contributed by atoms with Gasteiger partial charge in [-0.3, -0.25) is 6.08 Å². The summed E-state index contributed by atoms with van der Waals surface area (Å²) in [6, 6.07) is 0. The van der Waals surface area contributed by atoms with E-state index in [9.17, 15) is 0 Å². The standard InChI is InChI=1S/C9H13.3BrH.Ti/c1-2-3-6-9-7-4-5-8-9;;;;/h4,7H,2-3,5-6H2,1H3;3*1H;/q-1;;;;. The first-order valence-electron chi connectivity index (χ1n) is 3.69. The van der Waals surface area contributed by atoms with Gasteiger partial charge in [0.05, 0.1) is 0 Å². The number of allylic oxidation sites excluding steroid dienone is 4. The van der Waals surface area contributed by atoms with Crippen LogP contribution in [-0.4, -0.2) is 0 Å². The van der Waals surface area contributed by atoms with Crippen molar-refractivity contribution in [2.75, 3.05) is 0 Å². The zero-order chi connectivity index (χ0) is 6.53. The van der Waals surface area contributed by atoms with Crippen LogP contribution < -0.4 is 0 Å². The molecule has 0 bridgehead atoms. The molecule has 78 valence electrons.